The third kappa shape index (κ3) is 2.59. The van der Waals surface area contributed by atoms with E-state index in [4.69, 9.17) is 5.73 Å². The van der Waals surface area contributed by atoms with Crippen LogP contribution in [0.1, 0.15) is 12.0 Å². The maximum atomic E-state index is 13.2. The van der Waals surface area contributed by atoms with E-state index in [1.165, 1.54) is 0 Å². The Balaban J connectivity index is 2.35. The molecule has 1 heterocycles. The smallest absolute Gasteiger partial charge is 0.369 e. The van der Waals surface area contributed by atoms with E-state index in [-0.39, 0.29) is 18.7 Å². The molecule has 0 aromatic heterocycles. The molecule has 1 aromatic carbocycles. The van der Waals surface area contributed by atoms with E-state index in [9.17, 15) is 27.2 Å². The average Bonchev–Trinajstić information content (AvgIpc) is 2.71. The molecule has 2 amide bonds. The Morgan fingerprint density at radius 3 is 2.50 bits per heavy atom. The van der Waals surface area contributed by atoms with Crippen LogP contribution in [0.15, 0.2) is 18.2 Å². The summed E-state index contributed by atoms with van der Waals surface area (Å²) in [5, 5.41) is 0. The van der Waals surface area contributed by atoms with E-state index in [1.807, 2.05) is 0 Å². The van der Waals surface area contributed by atoms with Gasteiger partial charge in [0, 0.05) is 18.7 Å². The summed E-state index contributed by atoms with van der Waals surface area (Å²) in [5.41, 5.74) is 3.51. The number of nitrogens with zero attached hydrogens (tertiary/aromatic N) is 1. The molecule has 1 aliphatic heterocycles. The number of nitrogens with two attached hydrogens (primary N) is 1. The van der Waals surface area contributed by atoms with Gasteiger partial charge in [-0.15, -0.1) is 0 Å². The zero-order chi connectivity index (χ0) is 15.1. The number of hydrogen-bond acceptors (Lipinski definition) is 2. The second-order valence-electron chi connectivity index (χ2n) is 4.47. The standard InChI is InChI=1S/C12H10F4N2O2/c13-9-2-1-7(4-8(9)12(14,15)16)18-5-6(11(17)20)3-10(18)19/h1-2,4,6H,3,5H2,(H2,17,20). The minimum absolute atomic E-state index is 0.100. The molecule has 20 heavy (non-hydrogen) atoms. The zero-order valence-electron chi connectivity index (χ0n) is 10.1. The molecule has 2 N–H and O–H groups in total. The van der Waals surface area contributed by atoms with Gasteiger partial charge in [-0.25, -0.2) is 4.39 Å². The summed E-state index contributed by atoms with van der Waals surface area (Å²) in [6, 6.07) is 2.26. The third-order valence-electron chi connectivity index (χ3n) is 3.09. The number of anilines is 1. The van der Waals surface area contributed by atoms with Gasteiger partial charge in [0.05, 0.1) is 11.5 Å². The Labute approximate surface area is 111 Å². The lowest BCUT2D eigenvalue weighted by Gasteiger charge is -2.18. The molecule has 8 heteroatoms. The summed E-state index contributed by atoms with van der Waals surface area (Å²) in [4.78, 5) is 23.7. The highest BCUT2D eigenvalue weighted by atomic mass is 19.4. The molecule has 2 rings (SSSR count). The lowest BCUT2D eigenvalue weighted by atomic mass is 10.1. The SMILES string of the molecule is NC(=O)C1CC(=O)N(c2ccc(F)c(C(F)(F)F)c2)C1. The molecule has 108 valence electrons. The highest BCUT2D eigenvalue weighted by Crippen LogP contribution is 2.35. The summed E-state index contributed by atoms with van der Waals surface area (Å²) in [6.07, 6.45) is -5.01. The first-order valence-electron chi connectivity index (χ1n) is 5.66. The van der Waals surface area contributed by atoms with Crippen molar-refractivity contribution in [3.8, 4) is 0 Å². The van der Waals surface area contributed by atoms with Crippen LogP contribution in [0.4, 0.5) is 23.2 Å². The molecule has 0 radical (unpaired) electrons. The van der Waals surface area contributed by atoms with E-state index in [0.29, 0.717) is 12.1 Å². The van der Waals surface area contributed by atoms with E-state index < -0.39 is 35.3 Å². The van der Waals surface area contributed by atoms with Gasteiger partial charge in [0.1, 0.15) is 5.82 Å². The van der Waals surface area contributed by atoms with E-state index in [0.717, 1.165) is 11.0 Å². The fraction of sp³-hybridized carbons (Fsp3) is 0.333. The van der Waals surface area contributed by atoms with Crippen molar-refractivity contribution in [2.75, 3.05) is 11.4 Å². The Morgan fingerprint density at radius 1 is 1.35 bits per heavy atom. The predicted molar refractivity (Wildman–Crippen MR) is 61.1 cm³/mol. The average molecular weight is 290 g/mol. The van der Waals surface area contributed by atoms with E-state index in [2.05, 4.69) is 0 Å². The lowest BCUT2D eigenvalue weighted by molar-refractivity contribution is -0.140. The van der Waals surface area contributed by atoms with Crippen molar-refractivity contribution in [3.05, 3.63) is 29.6 Å². The van der Waals surface area contributed by atoms with Gasteiger partial charge in [0.15, 0.2) is 0 Å². The molecule has 0 saturated carbocycles. The maximum absolute atomic E-state index is 13.2. The second kappa shape index (κ2) is 4.77. The first-order valence-corrected chi connectivity index (χ1v) is 5.66. The van der Waals surface area contributed by atoms with Crippen molar-refractivity contribution in [3.63, 3.8) is 0 Å². The molecule has 0 spiro atoms. The van der Waals surface area contributed by atoms with Crippen molar-refractivity contribution in [1.82, 2.24) is 0 Å². The molecule has 1 aliphatic rings. The maximum Gasteiger partial charge on any atom is 0.419 e. The van der Waals surface area contributed by atoms with Gasteiger partial charge in [-0.2, -0.15) is 13.2 Å². The summed E-state index contributed by atoms with van der Waals surface area (Å²) in [7, 11) is 0. The van der Waals surface area contributed by atoms with Gasteiger partial charge in [0.2, 0.25) is 11.8 Å². The normalized spacial score (nSPS) is 19.5. The molecule has 1 atom stereocenters. The van der Waals surface area contributed by atoms with Crippen molar-refractivity contribution in [2.45, 2.75) is 12.6 Å². The molecule has 4 nitrogen and oxygen atoms in total. The molecule has 1 saturated heterocycles. The van der Waals surface area contributed by atoms with Crippen LogP contribution in [-0.4, -0.2) is 18.4 Å². The highest BCUT2D eigenvalue weighted by Gasteiger charge is 2.37. The topological polar surface area (TPSA) is 63.4 Å². The molecule has 1 unspecified atom stereocenters. The van der Waals surface area contributed by atoms with Gasteiger partial charge in [-0.1, -0.05) is 0 Å². The third-order valence-corrected chi connectivity index (χ3v) is 3.09. The summed E-state index contributed by atoms with van der Waals surface area (Å²) >= 11 is 0. The number of carbonyl (C=O) groups excluding carboxylic acids is 2. The molecule has 0 bridgehead atoms. The molecule has 0 aliphatic carbocycles. The predicted octanol–water partition coefficient (Wildman–Crippen LogP) is 1.68. The minimum Gasteiger partial charge on any atom is -0.369 e. The van der Waals surface area contributed by atoms with Crippen LogP contribution in [0.5, 0.6) is 0 Å². The Bertz CT molecular complexity index is 571. The highest BCUT2D eigenvalue weighted by molar-refractivity contribution is 6.00. The van der Waals surface area contributed by atoms with Crippen LogP contribution in [-0.2, 0) is 15.8 Å². The van der Waals surface area contributed by atoms with Gasteiger partial charge >= 0.3 is 6.18 Å². The van der Waals surface area contributed by atoms with E-state index in [1.54, 1.807) is 0 Å². The number of amides is 2. The number of halogens is 4. The van der Waals surface area contributed by atoms with Crippen molar-refractivity contribution < 1.29 is 27.2 Å². The molecular formula is C12H10F4N2O2. The summed E-state index contributed by atoms with van der Waals surface area (Å²) in [5.74, 6) is -3.38. The number of alkyl halides is 3. The minimum atomic E-state index is -4.86. The van der Waals surface area contributed by atoms with Gasteiger partial charge in [-0.05, 0) is 18.2 Å². The monoisotopic (exact) mass is 290 g/mol. The van der Waals surface area contributed by atoms with Gasteiger partial charge in [0.25, 0.3) is 0 Å². The lowest BCUT2D eigenvalue weighted by Crippen LogP contribution is -2.28. The van der Waals surface area contributed by atoms with E-state index >= 15 is 0 Å². The van der Waals surface area contributed by atoms with Crippen LogP contribution in [0.25, 0.3) is 0 Å². The fourth-order valence-corrected chi connectivity index (χ4v) is 2.05. The van der Waals surface area contributed by atoms with Gasteiger partial charge < -0.3 is 10.6 Å². The largest absolute Gasteiger partial charge is 0.419 e. The number of carbonyl (C=O) groups is 2. The number of primary amides is 1. The summed E-state index contributed by atoms with van der Waals surface area (Å²) < 4.78 is 51.0. The zero-order valence-corrected chi connectivity index (χ0v) is 10.1. The first kappa shape index (κ1) is 14.3. The number of rotatable bonds is 2. The van der Waals surface area contributed by atoms with Crippen molar-refractivity contribution in [1.29, 1.82) is 0 Å². The van der Waals surface area contributed by atoms with Crippen molar-refractivity contribution >= 4 is 17.5 Å². The summed E-state index contributed by atoms with van der Waals surface area (Å²) in [6.45, 7) is -0.100. The Morgan fingerprint density at radius 2 is 2.00 bits per heavy atom. The van der Waals surface area contributed by atoms with Crippen LogP contribution < -0.4 is 10.6 Å². The molecule has 1 fully saturated rings. The Kier molecular flexibility index (Phi) is 3.41. The quantitative estimate of drug-likeness (QED) is 0.842. The van der Waals surface area contributed by atoms with Crippen LogP contribution in [0.3, 0.4) is 0 Å². The second-order valence-corrected chi connectivity index (χ2v) is 4.47. The molecular weight excluding hydrogens is 280 g/mol. The first-order chi connectivity index (χ1) is 9.20. The van der Waals surface area contributed by atoms with Crippen LogP contribution in [0.2, 0.25) is 0 Å². The van der Waals surface area contributed by atoms with Crippen molar-refractivity contribution in [2.24, 2.45) is 11.7 Å². The number of hydrogen-bond donors (Lipinski definition) is 1. The van der Waals surface area contributed by atoms with Crippen LogP contribution >= 0.6 is 0 Å². The number of benzene rings is 1. The fourth-order valence-electron chi connectivity index (χ4n) is 2.05. The Hall–Kier alpha value is -2.12. The van der Waals surface area contributed by atoms with Crippen LogP contribution in [0, 0.1) is 11.7 Å². The van der Waals surface area contributed by atoms with Gasteiger partial charge in [-0.3, -0.25) is 9.59 Å². The molecule has 1 aromatic rings.